The summed E-state index contributed by atoms with van der Waals surface area (Å²) in [7, 11) is 0. The van der Waals surface area contributed by atoms with E-state index >= 15 is 0 Å². The van der Waals surface area contributed by atoms with Crippen molar-refractivity contribution in [3.8, 4) is 5.69 Å². The molecule has 0 saturated carbocycles. The van der Waals surface area contributed by atoms with Crippen molar-refractivity contribution in [3.05, 3.63) is 66.6 Å². The maximum absolute atomic E-state index is 4.59. The molecule has 1 aromatic carbocycles. The molecule has 3 aromatic rings. The van der Waals surface area contributed by atoms with E-state index in [-0.39, 0.29) is 6.04 Å². The van der Waals surface area contributed by atoms with Gasteiger partial charge in [-0.1, -0.05) is 30.3 Å². The first-order valence-corrected chi connectivity index (χ1v) is 9.59. The molecular formula is C21H24N6. The van der Waals surface area contributed by atoms with E-state index in [4.69, 9.17) is 0 Å². The largest absolute Gasteiger partial charge is 0.363 e. The molecule has 3 atom stereocenters. The van der Waals surface area contributed by atoms with Crippen molar-refractivity contribution in [2.45, 2.75) is 31.5 Å². The normalized spacial score (nSPS) is 22.2. The van der Waals surface area contributed by atoms with Crippen molar-refractivity contribution in [2.75, 3.05) is 23.3 Å². The number of nitrogens with one attached hydrogen (secondary N) is 2. The average Bonchev–Trinajstić information content (AvgIpc) is 3.45. The minimum atomic E-state index is 0.190. The average molecular weight is 360 g/mol. The molecular weight excluding hydrogens is 336 g/mol. The Hall–Kier alpha value is -2.86. The van der Waals surface area contributed by atoms with Crippen LogP contribution in [0, 0.1) is 0 Å². The molecule has 4 heterocycles. The molecule has 27 heavy (non-hydrogen) atoms. The smallest absolute Gasteiger partial charge is 0.128 e. The van der Waals surface area contributed by atoms with Crippen molar-refractivity contribution in [1.82, 2.24) is 20.1 Å². The first kappa shape index (κ1) is 16.3. The number of anilines is 2. The van der Waals surface area contributed by atoms with Gasteiger partial charge in [-0.25, -0.2) is 9.67 Å². The van der Waals surface area contributed by atoms with Crippen molar-refractivity contribution in [3.63, 3.8) is 0 Å². The lowest BCUT2D eigenvalue weighted by molar-refractivity contribution is 0.580. The molecule has 0 radical (unpaired) electrons. The van der Waals surface area contributed by atoms with E-state index in [1.54, 1.807) is 0 Å². The fourth-order valence-electron chi connectivity index (χ4n) is 4.17. The minimum absolute atomic E-state index is 0.190. The molecule has 2 aliphatic heterocycles. The van der Waals surface area contributed by atoms with Gasteiger partial charge in [-0.15, -0.1) is 0 Å². The third-order valence-corrected chi connectivity index (χ3v) is 5.63. The molecule has 6 nitrogen and oxygen atoms in total. The molecule has 2 aliphatic rings. The van der Waals surface area contributed by atoms with E-state index in [9.17, 15) is 0 Å². The number of nitrogens with zero attached hydrogens (tertiary/aromatic N) is 4. The van der Waals surface area contributed by atoms with E-state index < -0.39 is 0 Å². The van der Waals surface area contributed by atoms with Gasteiger partial charge in [-0.2, -0.15) is 5.10 Å². The summed E-state index contributed by atoms with van der Waals surface area (Å²) in [5.41, 5.74) is 3.46. The molecule has 0 aliphatic carbocycles. The molecule has 5 rings (SSSR count). The third kappa shape index (κ3) is 3.17. The molecule has 2 aromatic heterocycles. The fraction of sp³-hybridized carbons (Fsp3) is 0.333. The number of hydrogen-bond acceptors (Lipinski definition) is 5. The number of aromatic nitrogens is 3. The summed E-state index contributed by atoms with van der Waals surface area (Å²) in [6, 6.07) is 15.9. The molecule has 138 valence electrons. The third-order valence-electron chi connectivity index (χ3n) is 5.63. The summed E-state index contributed by atoms with van der Waals surface area (Å²) in [6.45, 7) is 4.30. The van der Waals surface area contributed by atoms with Gasteiger partial charge in [0.05, 0.1) is 23.8 Å². The van der Waals surface area contributed by atoms with E-state index in [1.165, 1.54) is 17.7 Å². The Bertz CT molecular complexity index is 921. The van der Waals surface area contributed by atoms with Gasteiger partial charge < -0.3 is 15.5 Å². The first-order valence-electron chi connectivity index (χ1n) is 9.59. The molecule has 6 heteroatoms. The van der Waals surface area contributed by atoms with Crippen LogP contribution in [0.15, 0.2) is 61.1 Å². The zero-order chi connectivity index (χ0) is 18.2. The maximum atomic E-state index is 4.59. The molecule has 2 bridgehead atoms. The molecule has 2 saturated heterocycles. The Labute approximate surface area is 159 Å². The summed E-state index contributed by atoms with van der Waals surface area (Å²) in [5.74, 6) is 0.852. The second-order valence-corrected chi connectivity index (χ2v) is 7.47. The predicted octanol–water partition coefficient (Wildman–Crippen LogP) is 2.99. The van der Waals surface area contributed by atoms with Gasteiger partial charge in [0, 0.05) is 43.5 Å². The summed E-state index contributed by atoms with van der Waals surface area (Å²) in [4.78, 5) is 6.95. The van der Waals surface area contributed by atoms with Crippen LogP contribution in [0.4, 0.5) is 11.5 Å². The van der Waals surface area contributed by atoms with Crippen LogP contribution >= 0.6 is 0 Å². The van der Waals surface area contributed by atoms with E-state index in [0.717, 1.165) is 24.6 Å². The number of piperazine rings is 1. The molecule has 0 spiro atoms. The van der Waals surface area contributed by atoms with Crippen molar-refractivity contribution in [2.24, 2.45) is 0 Å². The van der Waals surface area contributed by atoms with Gasteiger partial charge in [-0.3, -0.25) is 0 Å². The fourth-order valence-corrected chi connectivity index (χ4v) is 4.17. The van der Waals surface area contributed by atoms with Crippen LogP contribution in [-0.4, -0.2) is 39.9 Å². The van der Waals surface area contributed by atoms with Gasteiger partial charge in [-0.05, 0) is 25.0 Å². The lowest BCUT2D eigenvalue weighted by atomic mass is 10.1. The van der Waals surface area contributed by atoms with Crippen LogP contribution < -0.4 is 15.5 Å². The summed E-state index contributed by atoms with van der Waals surface area (Å²) < 4.78 is 1.94. The Balaban J connectivity index is 1.33. The van der Waals surface area contributed by atoms with Crippen molar-refractivity contribution >= 4 is 11.5 Å². The Kier molecular flexibility index (Phi) is 4.05. The SMILES string of the molecule is C[C@H](Nc1cc(-n2cc(N3CC4CC3CN4)cn2)ccn1)c1ccccc1. The number of benzene rings is 1. The summed E-state index contributed by atoms with van der Waals surface area (Å²) >= 11 is 0. The minimum Gasteiger partial charge on any atom is -0.363 e. The van der Waals surface area contributed by atoms with Crippen LogP contribution in [0.2, 0.25) is 0 Å². The lowest BCUT2D eigenvalue weighted by Gasteiger charge is -2.27. The number of pyridine rings is 1. The second-order valence-electron chi connectivity index (χ2n) is 7.47. The van der Waals surface area contributed by atoms with Gasteiger partial charge in [0.25, 0.3) is 0 Å². The highest BCUT2D eigenvalue weighted by atomic mass is 15.3. The van der Waals surface area contributed by atoms with Gasteiger partial charge in [0.2, 0.25) is 0 Å². The highest BCUT2D eigenvalue weighted by Gasteiger charge is 2.38. The quantitative estimate of drug-likeness (QED) is 0.733. The number of rotatable bonds is 5. The molecule has 0 amide bonds. The maximum Gasteiger partial charge on any atom is 0.128 e. The predicted molar refractivity (Wildman–Crippen MR) is 107 cm³/mol. The van der Waals surface area contributed by atoms with E-state index in [1.807, 2.05) is 35.3 Å². The van der Waals surface area contributed by atoms with Crippen molar-refractivity contribution in [1.29, 1.82) is 0 Å². The number of fused-ring (bicyclic) bond motifs is 2. The van der Waals surface area contributed by atoms with Crippen LogP contribution in [0.25, 0.3) is 5.69 Å². The topological polar surface area (TPSA) is 58.0 Å². The van der Waals surface area contributed by atoms with Gasteiger partial charge >= 0.3 is 0 Å². The first-order chi connectivity index (χ1) is 13.3. The molecule has 2 fully saturated rings. The highest BCUT2D eigenvalue weighted by molar-refractivity contribution is 5.51. The summed E-state index contributed by atoms with van der Waals surface area (Å²) in [5, 5.41) is 11.6. The molecule has 2 unspecified atom stereocenters. The summed E-state index contributed by atoms with van der Waals surface area (Å²) in [6.07, 6.45) is 7.17. The van der Waals surface area contributed by atoms with E-state index in [2.05, 4.69) is 63.0 Å². The lowest BCUT2D eigenvalue weighted by Crippen LogP contribution is -2.43. The van der Waals surface area contributed by atoms with Crippen LogP contribution in [0.3, 0.4) is 0 Å². The Morgan fingerprint density at radius 2 is 2.07 bits per heavy atom. The van der Waals surface area contributed by atoms with Crippen molar-refractivity contribution < 1.29 is 0 Å². The number of hydrogen-bond donors (Lipinski definition) is 2. The van der Waals surface area contributed by atoms with Crippen LogP contribution in [0.5, 0.6) is 0 Å². The van der Waals surface area contributed by atoms with Crippen LogP contribution in [0.1, 0.15) is 24.9 Å². The van der Waals surface area contributed by atoms with Gasteiger partial charge in [0.15, 0.2) is 0 Å². The standard InChI is InChI=1S/C21H24N6/c1-15(16-5-3-2-4-6-16)25-21-10-18(7-8-22-21)27-14-20(12-24-27)26-13-17-9-19(26)11-23-17/h2-8,10,12,14-15,17,19,23H,9,11,13H2,1H3,(H,22,25)/t15-,17?,19?/m0/s1. The molecule has 2 N–H and O–H groups in total. The van der Waals surface area contributed by atoms with Gasteiger partial charge in [0.1, 0.15) is 5.82 Å². The Morgan fingerprint density at radius 1 is 1.19 bits per heavy atom. The monoisotopic (exact) mass is 360 g/mol. The van der Waals surface area contributed by atoms with E-state index in [0.29, 0.717) is 12.1 Å². The highest BCUT2D eigenvalue weighted by Crippen LogP contribution is 2.29. The Morgan fingerprint density at radius 3 is 2.85 bits per heavy atom. The zero-order valence-electron chi connectivity index (χ0n) is 15.4. The van der Waals surface area contributed by atoms with Crippen LogP contribution in [-0.2, 0) is 0 Å². The zero-order valence-corrected chi connectivity index (χ0v) is 15.4. The second kappa shape index (κ2) is 6.70.